The van der Waals surface area contributed by atoms with Gasteiger partial charge in [-0.25, -0.2) is 0 Å². The van der Waals surface area contributed by atoms with Gasteiger partial charge in [-0.2, -0.15) is 13.2 Å². The quantitative estimate of drug-likeness (QED) is 0.609. The second kappa shape index (κ2) is 5.03. The van der Waals surface area contributed by atoms with Crippen molar-refractivity contribution in [3.8, 4) is 0 Å². The number of benzene rings is 1. The van der Waals surface area contributed by atoms with Crippen molar-refractivity contribution < 1.29 is 22.7 Å². The predicted octanol–water partition coefficient (Wildman–Crippen LogP) is 3.03. The molecule has 0 spiro atoms. The fraction of sp³-hybridized carbons (Fsp3) is 0.300. The first-order chi connectivity index (χ1) is 7.32. The summed E-state index contributed by atoms with van der Waals surface area (Å²) < 4.78 is 42.2. The minimum atomic E-state index is -4.40. The lowest BCUT2D eigenvalue weighted by molar-refractivity contribution is -0.140. The van der Waals surface area contributed by atoms with Crippen molar-refractivity contribution in [3.63, 3.8) is 0 Å². The Hall–Kier alpha value is -0.790. The number of esters is 1. The van der Waals surface area contributed by atoms with Crippen molar-refractivity contribution in [2.24, 2.45) is 0 Å². The summed E-state index contributed by atoms with van der Waals surface area (Å²) in [4.78, 5) is 10.9. The van der Waals surface area contributed by atoms with Crippen LogP contribution >= 0.6 is 22.6 Å². The van der Waals surface area contributed by atoms with Gasteiger partial charge in [0.05, 0.1) is 19.1 Å². The van der Waals surface area contributed by atoms with Crippen LogP contribution in [0.5, 0.6) is 0 Å². The number of alkyl halides is 3. The lowest BCUT2D eigenvalue weighted by Crippen LogP contribution is -2.09. The van der Waals surface area contributed by atoms with Crippen molar-refractivity contribution in [3.05, 3.63) is 32.9 Å². The van der Waals surface area contributed by atoms with E-state index >= 15 is 0 Å². The molecule has 0 fully saturated rings. The molecule has 0 saturated carbocycles. The Morgan fingerprint density at radius 3 is 2.50 bits per heavy atom. The molecule has 2 nitrogen and oxygen atoms in total. The van der Waals surface area contributed by atoms with E-state index in [4.69, 9.17) is 0 Å². The third-order valence-electron chi connectivity index (χ3n) is 1.86. The number of halogens is 4. The molecular weight excluding hydrogens is 336 g/mol. The van der Waals surface area contributed by atoms with Crippen molar-refractivity contribution in [2.45, 2.75) is 12.6 Å². The number of rotatable bonds is 2. The van der Waals surface area contributed by atoms with Gasteiger partial charge in [-0.05, 0) is 46.4 Å². The number of ether oxygens (including phenoxy) is 1. The molecule has 16 heavy (non-hydrogen) atoms. The first-order valence-electron chi connectivity index (χ1n) is 4.26. The minimum absolute atomic E-state index is 0.156. The zero-order valence-electron chi connectivity index (χ0n) is 8.27. The number of carbonyl (C=O) groups excluding carboxylic acids is 1. The van der Waals surface area contributed by atoms with Crippen LogP contribution in [0.1, 0.15) is 11.1 Å². The molecule has 0 aliphatic heterocycles. The SMILES string of the molecule is COC(=O)Cc1cc(I)cc(C(F)(F)F)c1. The highest BCUT2D eigenvalue weighted by Crippen LogP contribution is 2.31. The number of carbonyl (C=O) groups is 1. The van der Waals surface area contributed by atoms with Gasteiger partial charge in [0.2, 0.25) is 0 Å². The summed E-state index contributed by atoms with van der Waals surface area (Å²) in [5, 5.41) is 0. The molecule has 0 unspecified atom stereocenters. The summed E-state index contributed by atoms with van der Waals surface area (Å²) >= 11 is 1.78. The average Bonchev–Trinajstić information content (AvgIpc) is 2.15. The summed E-state index contributed by atoms with van der Waals surface area (Å²) in [6.07, 6.45) is -4.55. The van der Waals surface area contributed by atoms with Crippen LogP contribution in [0.4, 0.5) is 13.2 Å². The van der Waals surface area contributed by atoms with Crippen LogP contribution in [-0.4, -0.2) is 13.1 Å². The van der Waals surface area contributed by atoms with Crippen molar-refractivity contribution in [2.75, 3.05) is 7.11 Å². The van der Waals surface area contributed by atoms with E-state index in [0.29, 0.717) is 9.13 Å². The summed E-state index contributed by atoms with van der Waals surface area (Å²) in [5.74, 6) is -0.560. The summed E-state index contributed by atoms with van der Waals surface area (Å²) in [7, 11) is 1.20. The van der Waals surface area contributed by atoms with E-state index in [0.717, 1.165) is 12.1 Å². The molecule has 1 rings (SSSR count). The molecule has 0 aromatic heterocycles. The Morgan fingerprint density at radius 2 is 2.00 bits per heavy atom. The first-order valence-corrected chi connectivity index (χ1v) is 5.34. The zero-order chi connectivity index (χ0) is 12.3. The molecule has 6 heteroatoms. The molecule has 88 valence electrons. The average molecular weight is 344 g/mol. The van der Waals surface area contributed by atoms with E-state index in [2.05, 4.69) is 4.74 Å². The van der Waals surface area contributed by atoms with E-state index in [1.54, 1.807) is 22.6 Å². The van der Waals surface area contributed by atoms with Crippen LogP contribution in [-0.2, 0) is 22.1 Å². The van der Waals surface area contributed by atoms with E-state index in [-0.39, 0.29) is 6.42 Å². The fourth-order valence-corrected chi connectivity index (χ4v) is 1.89. The molecule has 0 atom stereocenters. The molecule has 0 aliphatic rings. The van der Waals surface area contributed by atoms with Gasteiger partial charge in [0.1, 0.15) is 0 Å². The van der Waals surface area contributed by atoms with Gasteiger partial charge < -0.3 is 4.74 Å². The van der Waals surface area contributed by atoms with Gasteiger partial charge >= 0.3 is 12.1 Å². The number of hydrogen-bond donors (Lipinski definition) is 0. The van der Waals surface area contributed by atoms with Crippen molar-refractivity contribution in [1.29, 1.82) is 0 Å². The van der Waals surface area contributed by atoms with Crippen LogP contribution in [0.25, 0.3) is 0 Å². The Labute approximate surface area is 104 Å². The maximum atomic E-state index is 12.4. The molecule has 0 radical (unpaired) electrons. The molecule has 0 heterocycles. The standard InChI is InChI=1S/C10H8F3IO2/c1-16-9(15)4-6-2-7(10(11,12)13)5-8(14)3-6/h2-3,5H,4H2,1H3. The van der Waals surface area contributed by atoms with Crippen LogP contribution in [0.3, 0.4) is 0 Å². The molecule has 1 aromatic carbocycles. The Kier molecular flexibility index (Phi) is 4.17. The van der Waals surface area contributed by atoms with E-state index in [1.165, 1.54) is 13.2 Å². The van der Waals surface area contributed by atoms with Gasteiger partial charge in [0.25, 0.3) is 0 Å². The minimum Gasteiger partial charge on any atom is -0.469 e. The maximum absolute atomic E-state index is 12.4. The lowest BCUT2D eigenvalue weighted by atomic mass is 10.1. The van der Waals surface area contributed by atoms with Crippen LogP contribution in [0.2, 0.25) is 0 Å². The normalized spacial score (nSPS) is 11.3. The Bertz CT molecular complexity index is 402. The van der Waals surface area contributed by atoms with Gasteiger partial charge in [-0.1, -0.05) is 0 Å². The third kappa shape index (κ3) is 3.66. The Balaban J connectivity index is 3.04. The molecule has 0 amide bonds. The smallest absolute Gasteiger partial charge is 0.416 e. The van der Waals surface area contributed by atoms with Gasteiger partial charge in [0.15, 0.2) is 0 Å². The monoisotopic (exact) mass is 344 g/mol. The van der Waals surface area contributed by atoms with Gasteiger partial charge in [0, 0.05) is 3.57 Å². The second-order valence-corrected chi connectivity index (χ2v) is 4.34. The summed E-state index contributed by atoms with van der Waals surface area (Å²) in [6.45, 7) is 0. The highest BCUT2D eigenvalue weighted by Gasteiger charge is 2.31. The predicted molar refractivity (Wildman–Crippen MR) is 59.9 cm³/mol. The molecule has 0 aliphatic carbocycles. The lowest BCUT2D eigenvalue weighted by Gasteiger charge is -2.09. The highest BCUT2D eigenvalue weighted by molar-refractivity contribution is 14.1. The Morgan fingerprint density at radius 1 is 1.38 bits per heavy atom. The molecule has 1 aromatic rings. The first kappa shape index (κ1) is 13.3. The van der Waals surface area contributed by atoms with Gasteiger partial charge in [-0.15, -0.1) is 0 Å². The van der Waals surface area contributed by atoms with E-state index in [9.17, 15) is 18.0 Å². The van der Waals surface area contributed by atoms with E-state index < -0.39 is 17.7 Å². The number of hydrogen-bond acceptors (Lipinski definition) is 2. The summed E-state index contributed by atoms with van der Waals surface area (Å²) in [5.41, 5.74) is -0.454. The summed E-state index contributed by atoms with van der Waals surface area (Å²) in [6, 6.07) is 3.51. The van der Waals surface area contributed by atoms with Gasteiger partial charge in [-0.3, -0.25) is 4.79 Å². The number of methoxy groups -OCH3 is 1. The molecule has 0 bridgehead atoms. The zero-order valence-corrected chi connectivity index (χ0v) is 10.4. The molecule has 0 saturated heterocycles. The van der Waals surface area contributed by atoms with Crippen molar-refractivity contribution >= 4 is 28.6 Å². The highest BCUT2D eigenvalue weighted by atomic mass is 127. The largest absolute Gasteiger partial charge is 0.469 e. The van der Waals surface area contributed by atoms with Crippen LogP contribution < -0.4 is 0 Å². The fourth-order valence-electron chi connectivity index (χ4n) is 1.15. The van der Waals surface area contributed by atoms with Crippen LogP contribution in [0.15, 0.2) is 18.2 Å². The topological polar surface area (TPSA) is 26.3 Å². The molecule has 0 N–H and O–H groups in total. The second-order valence-electron chi connectivity index (χ2n) is 3.10. The van der Waals surface area contributed by atoms with Crippen LogP contribution in [0, 0.1) is 3.57 Å². The molecular formula is C10H8F3IO2. The third-order valence-corrected chi connectivity index (χ3v) is 2.48. The van der Waals surface area contributed by atoms with E-state index in [1.807, 2.05) is 0 Å². The van der Waals surface area contributed by atoms with Crippen molar-refractivity contribution in [1.82, 2.24) is 0 Å². The maximum Gasteiger partial charge on any atom is 0.416 e.